The highest BCUT2D eigenvalue weighted by molar-refractivity contribution is 5.98. The third-order valence-corrected chi connectivity index (χ3v) is 1.55. The number of hydrogen-bond acceptors (Lipinski definition) is 5. The number of urea groups is 1. The van der Waals surface area contributed by atoms with Gasteiger partial charge in [-0.1, -0.05) is 10.3 Å². The van der Waals surface area contributed by atoms with E-state index in [0.717, 1.165) is 0 Å². The Hall–Kier alpha value is -2.31. The summed E-state index contributed by atoms with van der Waals surface area (Å²) in [4.78, 5) is 11.3. The van der Waals surface area contributed by atoms with Crippen LogP contribution in [0.2, 0.25) is 0 Å². The fourth-order valence-electron chi connectivity index (χ4n) is 0.966. The number of nitrogens with zero attached hydrogens (tertiary/aromatic N) is 2. The molecule has 0 aromatic carbocycles. The Balaban J connectivity index is 1.93. The Bertz CT molecular complexity index is 448. The molecule has 0 saturated heterocycles. The van der Waals surface area contributed by atoms with Crippen LogP contribution in [-0.2, 0) is 0 Å². The number of carbonyl (C=O) groups is 1. The van der Waals surface area contributed by atoms with Gasteiger partial charge in [-0.3, -0.25) is 10.6 Å². The van der Waals surface area contributed by atoms with Crippen LogP contribution in [0.3, 0.4) is 0 Å². The molecule has 0 aliphatic rings. The molecule has 15 heavy (non-hydrogen) atoms. The standard InChI is InChI=1S/C8H8N4O3/c1-5-4-7(12-15-5)10-8(13)9-6-2-3-14-11-6/h2-4H,1H3,(H2,9,10,11,12,13). The van der Waals surface area contributed by atoms with E-state index in [1.165, 1.54) is 12.3 Å². The Morgan fingerprint density at radius 2 is 2.13 bits per heavy atom. The SMILES string of the molecule is Cc1cc(NC(=O)Nc2ccon2)no1. The van der Waals surface area contributed by atoms with Gasteiger partial charge >= 0.3 is 6.03 Å². The Morgan fingerprint density at radius 1 is 1.33 bits per heavy atom. The van der Waals surface area contributed by atoms with Gasteiger partial charge in [-0.25, -0.2) is 4.79 Å². The summed E-state index contributed by atoms with van der Waals surface area (Å²) >= 11 is 0. The lowest BCUT2D eigenvalue weighted by Gasteiger charge is -1.99. The molecule has 2 heterocycles. The first-order valence-corrected chi connectivity index (χ1v) is 4.16. The Morgan fingerprint density at radius 3 is 2.73 bits per heavy atom. The van der Waals surface area contributed by atoms with E-state index in [-0.39, 0.29) is 0 Å². The zero-order valence-corrected chi connectivity index (χ0v) is 7.85. The maximum atomic E-state index is 11.3. The molecule has 0 atom stereocenters. The number of rotatable bonds is 2. The molecule has 0 aliphatic heterocycles. The second kappa shape index (κ2) is 3.82. The maximum absolute atomic E-state index is 11.3. The molecule has 0 spiro atoms. The highest BCUT2D eigenvalue weighted by atomic mass is 16.5. The van der Waals surface area contributed by atoms with Crippen LogP contribution in [0.4, 0.5) is 16.4 Å². The van der Waals surface area contributed by atoms with Crippen LogP contribution in [0.25, 0.3) is 0 Å². The molecule has 0 aliphatic carbocycles. The molecule has 0 unspecified atom stereocenters. The lowest BCUT2D eigenvalue weighted by Crippen LogP contribution is -2.19. The first-order valence-electron chi connectivity index (χ1n) is 4.16. The maximum Gasteiger partial charge on any atom is 0.326 e. The van der Waals surface area contributed by atoms with Crippen molar-refractivity contribution in [1.29, 1.82) is 0 Å². The number of hydrogen-bond donors (Lipinski definition) is 2. The first kappa shape index (κ1) is 9.25. The van der Waals surface area contributed by atoms with Gasteiger partial charge in [0.15, 0.2) is 11.6 Å². The molecular weight excluding hydrogens is 200 g/mol. The van der Waals surface area contributed by atoms with E-state index >= 15 is 0 Å². The zero-order chi connectivity index (χ0) is 10.7. The predicted molar refractivity (Wildman–Crippen MR) is 50.4 cm³/mol. The van der Waals surface area contributed by atoms with Crippen LogP contribution in [0.15, 0.2) is 27.4 Å². The van der Waals surface area contributed by atoms with Gasteiger partial charge < -0.3 is 9.05 Å². The van der Waals surface area contributed by atoms with Crippen molar-refractivity contribution in [1.82, 2.24) is 10.3 Å². The van der Waals surface area contributed by atoms with Gasteiger partial charge in [-0.15, -0.1) is 0 Å². The lowest BCUT2D eigenvalue weighted by molar-refractivity contribution is 0.261. The molecule has 0 radical (unpaired) electrons. The molecule has 7 nitrogen and oxygen atoms in total. The van der Waals surface area contributed by atoms with Gasteiger partial charge in [0.1, 0.15) is 12.0 Å². The van der Waals surface area contributed by atoms with Crippen LogP contribution in [0.1, 0.15) is 5.76 Å². The van der Waals surface area contributed by atoms with E-state index in [1.54, 1.807) is 13.0 Å². The number of aryl methyl sites for hydroxylation is 1. The minimum atomic E-state index is -0.461. The fourth-order valence-corrected chi connectivity index (χ4v) is 0.966. The average Bonchev–Trinajstić information content (AvgIpc) is 2.77. The van der Waals surface area contributed by atoms with E-state index in [9.17, 15) is 4.79 Å². The summed E-state index contributed by atoms with van der Waals surface area (Å²) in [5.74, 6) is 1.29. The van der Waals surface area contributed by atoms with E-state index in [0.29, 0.717) is 17.4 Å². The molecule has 78 valence electrons. The molecular formula is C8H8N4O3. The van der Waals surface area contributed by atoms with Crippen LogP contribution in [-0.4, -0.2) is 16.3 Å². The highest BCUT2D eigenvalue weighted by Gasteiger charge is 2.06. The van der Waals surface area contributed by atoms with E-state index < -0.39 is 6.03 Å². The summed E-state index contributed by atoms with van der Waals surface area (Å²) in [6.07, 6.45) is 1.36. The van der Waals surface area contributed by atoms with Crippen molar-refractivity contribution in [2.45, 2.75) is 6.92 Å². The van der Waals surface area contributed by atoms with Gasteiger partial charge in [0.2, 0.25) is 0 Å². The van der Waals surface area contributed by atoms with E-state index in [1.807, 2.05) is 0 Å². The Kier molecular flexibility index (Phi) is 2.36. The summed E-state index contributed by atoms with van der Waals surface area (Å²) in [6, 6.07) is 2.66. The number of amides is 2. The van der Waals surface area contributed by atoms with Gasteiger partial charge in [-0.05, 0) is 6.92 Å². The molecule has 2 amide bonds. The lowest BCUT2D eigenvalue weighted by atomic mass is 10.5. The minimum absolute atomic E-state index is 0.327. The molecule has 2 aromatic heterocycles. The van der Waals surface area contributed by atoms with Crippen molar-refractivity contribution in [2.75, 3.05) is 10.6 Å². The largest absolute Gasteiger partial charge is 0.363 e. The topological polar surface area (TPSA) is 93.2 Å². The molecule has 7 heteroatoms. The number of aromatic nitrogens is 2. The first-order chi connectivity index (χ1) is 7.24. The predicted octanol–water partition coefficient (Wildman–Crippen LogP) is 1.62. The van der Waals surface area contributed by atoms with Crippen molar-refractivity contribution in [2.24, 2.45) is 0 Å². The number of anilines is 2. The van der Waals surface area contributed by atoms with Crippen molar-refractivity contribution in [3.63, 3.8) is 0 Å². The second-order valence-electron chi connectivity index (χ2n) is 2.79. The second-order valence-corrected chi connectivity index (χ2v) is 2.79. The fraction of sp³-hybridized carbons (Fsp3) is 0.125. The number of nitrogens with one attached hydrogen (secondary N) is 2. The normalized spacial score (nSPS) is 9.93. The Labute approximate surface area is 84.4 Å². The van der Waals surface area contributed by atoms with Crippen molar-refractivity contribution < 1.29 is 13.8 Å². The monoisotopic (exact) mass is 208 g/mol. The molecule has 2 N–H and O–H groups in total. The summed E-state index contributed by atoms with van der Waals surface area (Å²) in [5.41, 5.74) is 0. The zero-order valence-electron chi connectivity index (χ0n) is 7.85. The molecule has 2 aromatic rings. The van der Waals surface area contributed by atoms with Gasteiger partial charge in [0.05, 0.1) is 0 Å². The van der Waals surface area contributed by atoms with Crippen LogP contribution in [0.5, 0.6) is 0 Å². The van der Waals surface area contributed by atoms with Crippen molar-refractivity contribution in [3.8, 4) is 0 Å². The molecule has 2 rings (SSSR count). The molecule has 0 saturated carbocycles. The average molecular weight is 208 g/mol. The summed E-state index contributed by atoms with van der Waals surface area (Å²) in [5, 5.41) is 12.0. The number of carbonyl (C=O) groups excluding carboxylic acids is 1. The van der Waals surface area contributed by atoms with Gasteiger partial charge in [-0.2, -0.15) is 0 Å². The van der Waals surface area contributed by atoms with Crippen LogP contribution in [0, 0.1) is 6.92 Å². The third kappa shape index (κ3) is 2.33. The van der Waals surface area contributed by atoms with Gasteiger partial charge in [0.25, 0.3) is 0 Å². The van der Waals surface area contributed by atoms with Crippen molar-refractivity contribution >= 4 is 17.7 Å². The quantitative estimate of drug-likeness (QED) is 0.781. The van der Waals surface area contributed by atoms with Crippen LogP contribution < -0.4 is 10.6 Å². The van der Waals surface area contributed by atoms with Gasteiger partial charge in [0, 0.05) is 12.1 Å². The third-order valence-electron chi connectivity index (χ3n) is 1.55. The smallest absolute Gasteiger partial charge is 0.326 e. The van der Waals surface area contributed by atoms with E-state index in [2.05, 4.69) is 25.5 Å². The molecule has 0 fully saturated rings. The van der Waals surface area contributed by atoms with E-state index in [4.69, 9.17) is 4.52 Å². The van der Waals surface area contributed by atoms with Crippen LogP contribution >= 0.6 is 0 Å². The summed E-state index contributed by atoms with van der Waals surface area (Å²) < 4.78 is 9.32. The van der Waals surface area contributed by atoms with Crippen molar-refractivity contribution in [3.05, 3.63) is 24.2 Å². The summed E-state index contributed by atoms with van der Waals surface area (Å²) in [7, 11) is 0. The molecule has 0 bridgehead atoms. The minimum Gasteiger partial charge on any atom is -0.363 e. The highest BCUT2D eigenvalue weighted by Crippen LogP contribution is 2.08. The summed E-state index contributed by atoms with van der Waals surface area (Å²) in [6.45, 7) is 1.73.